The average Bonchev–Trinajstić information content (AvgIpc) is 2.07. The second-order valence-electron chi connectivity index (χ2n) is 1.87. The summed E-state index contributed by atoms with van der Waals surface area (Å²) >= 11 is 0. The molecule has 0 aromatic heterocycles. The number of nitrogens with one attached hydrogen (secondary N) is 2. The number of diazo groups is 1. The summed E-state index contributed by atoms with van der Waals surface area (Å²) in [5.41, 5.74) is 10.2. The highest BCUT2D eigenvalue weighted by Crippen LogP contribution is 2.15. The molecule has 5 nitrogen and oxygen atoms in total. The molecule has 0 aliphatic rings. The van der Waals surface area contributed by atoms with Crippen molar-refractivity contribution in [1.82, 2.24) is 0 Å². The number of nitrogens with zero attached hydrogens (tertiary/aromatic N) is 3. The Bertz CT molecular complexity index is 283. The van der Waals surface area contributed by atoms with E-state index in [9.17, 15) is 0 Å². The maximum Gasteiger partial charge on any atom is 0.308 e. The summed E-state index contributed by atoms with van der Waals surface area (Å²) in [5, 5.41) is 14.0. The van der Waals surface area contributed by atoms with Crippen LogP contribution in [0.4, 0.5) is 11.4 Å². The summed E-state index contributed by atoms with van der Waals surface area (Å²) in [6, 6.07) is 6.60. The molecule has 1 aromatic rings. The second kappa shape index (κ2) is 3.27. The van der Waals surface area contributed by atoms with Gasteiger partial charge < -0.3 is 0 Å². The first kappa shape index (κ1) is 7.15. The highest BCUT2D eigenvalue weighted by Gasteiger charge is 1.95. The molecule has 0 heterocycles. The Morgan fingerprint density at radius 1 is 1.36 bits per heavy atom. The summed E-state index contributed by atoms with van der Waals surface area (Å²) in [6.45, 7) is 0. The first-order chi connectivity index (χ1) is 5.36. The molecule has 0 atom stereocenters. The average molecular weight is 148 g/mol. The van der Waals surface area contributed by atoms with Gasteiger partial charge >= 0.3 is 5.08 Å². The lowest BCUT2D eigenvalue weighted by molar-refractivity contribution is 1.15. The SMILES string of the molecule is N#[N+]Nc1ccc(N=N)cc1. The van der Waals surface area contributed by atoms with Crippen molar-refractivity contribution in [1.29, 1.82) is 10.9 Å². The van der Waals surface area contributed by atoms with Gasteiger partial charge in [-0.2, -0.15) is 5.11 Å². The fraction of sp³-hybridized carbons (Fsp3) is 0. The molecule has 0 saturated carbocycles. The van der Waals surface area contributed by atoms with Gasteiger partial charge in [-0.3, -0.25) is 0 Å². The fourth-order valence-corrected chi connectivity index (χ4v) is 0.668. The van der Waals surface area contributed by atoms with E-state index in [1.54, 1.807) is 24.3 Å². The van der Waals surface area contributed by atoms with E-state index in [1.807, 2.05) is 0 Å². The summed E-state index contributed by atoms with van der Waals surface area (Å²) in [4.78, 5) is 0. The van der Waals surface area contributed by atoms with Crippen LogP contribution in [-0.4, -0.2) is 0 Å². The van der Waals surface area contributed by atoms with Gasteiger partial charge in [-0.25, -0.2) is 5.53 Å². The van der Waals surface area contributed by atoms with Gasteiger partial charge in [-0.1, -0.05) is 0 Å². The van der Waals surface area contributed by atoms with Crippen LogP contribution >= 0.6 is 0 Å². The first-order valence-corrected chi connectivity index (χ1v) is 2.94. The molecule has 54 valence electrons. The van der Waals surface area contributed by atoms with Crippen LogP contribution in [0.1, 0.15) is 0 Å². The Hall–Kier alpha value is -1.96. The van der Waals surface area contributed by atoms with Gasteiger partial charge in [0.25, 0.3) is 5.39 Å². The molecule has 0 saturated heterocycles. The standard InChI is InChI=1S/C6H6N5/c7-9-5-1-3-6(4-2-5)10-11-8/h1-4,7,10H/q+1. The smallest absolute Gasteiger partial charge is 0.204 e. The van der Waals surface area contributed by atoms with E-state index < -0.39 is 0 Å². The predicted octanol–water partition coefficient (Wildman–Crippen LogP) is 2.53. The minimum Gasteiger partial charge on any atom is -0.204 e. The van der Waals surface area contributed by atoms with Crippen LogP contribution in [0.5, 0.6) is 0 Å². The number of hydrogen-bond donors (Lipinski definition) is 2. The van der Waals surface area contributed by atoms with Crippen molar-refractivity contribution in [2.45, 2.75) is 0 Å². The Morgan fingerprint density at radius 2 is 2.00 bits per heavy atom. The lowest BCUT2D eigenvalue weighted by Gasteiger charge is -1.89. The molecule has 1 aromatic carbocycles. The molecule has 0 bridgehead atoms. The Kier molecular flexibility index (Phi) is 2.13. The second-order valence-corrected chi connectivity index (χ2v) is 1.87. The van der Waals surface area contributed by atoms with E-state index in [4.69, 9.17) is 10.9 Å². The molecule has 2 N–H and O–H groups in total. The van der Waals surface area contributed by atoms with Crippen LogP contribution in [0.25, 0.3) is 5.08 Å². The lowest BCUT2D eigenvalue weighted by Crippen LogP contribution is -1.80. The van der Waals surface area contributed by atoms with Crippen molar-refractivity contribution in [2.75, 3.05) is 5.43 Å². The van der Waals surface area contributed by atoms with Gasteiger partial charge in [0.05, 0.1) is 5.69 Å². The quantitative estimate of drug-likeness (QED) is 0.384. The van der Waals surface area contributed by atoms with E-state index in [0.717, 1.165) is 0 Å². The zero-order valence-corrected chi connectivity index (χ0v) is 5.65. The van der Waals surface area contributed by atoms with Gasteiger partial charge in [-0.05, 0) is 29.7 Å². The molecule has 0 unspecified atom stereocenters. The van der Waals surface area contributed by atoms with Gasteiger partial charge in [0.15, 0.2) is 0 Å². The third-order valence-electron chi connectivity index (χ3n) is 1.18. The lowest BCUT2D eigenvalue weighted by atomic mass is 10.3. The molecule has 0 spiro atoms. The molecule has 5 heteroatoms. The van der Waals surface area contributed by atoms with Crippen molar-refractivity contribution in [3.05, 3.63) is 29.4 Å². The van der Waals surface area contributed by atoms with E-state index >= 15 is 0 Å². The van der Waals surface area contributed by atoms with Crippen molar-refractivity contribution < 1.29 is 0 Å². The molecule has 0 amide bonds. The maximum absolute atomic E-state index is 8.10. The molecule has 1 rings (SSSR count). The predicted molar refractivity (Wildman–Crippen MR) is 40.0 cm³/mol. The third-order valence-corrected chi connectivity index (χ3v) is 1.18. The van der Waals surface area contributed by atoms with Crippen LogP contribution in [0.2, 0.25) is 0 Å². The van der Waals surface area contributed by atoms with Crippen molar-refractivity contribution in [3.8, 4) is 0 Å². The number of benzene rings is 1. The summed E-state index contributed by atoms with van der Waals surface area (Å²) < 4.78 is 0. The normalized spacial score (nSPS) is 8.27. The Balaban J connectivity index is 2.84. The number of rotatable bonds is 2. The van der Waals surface area contributed by atoms with Crippen molar-refractivity contribution >= 4 is 11.4 Å². The minimum absolute atomic E-state index is 0.563. The molecule has 0 radical (unpaired) electrons. The Morgan fingerprint density at radius 3 is 2.45 bits per heavy atom. The molecule has 0 aliphatic heterocycles. The monoisotopic (exact) mass is 148 g/mol. The molecule has 0 fully saturated rings. The van der Waals surface area contributed by atoms with Gasteiger partial charge in [0.1, 0.15) is 5.69 Å². The molecular formula is C6H6N5+. The molecule has 0 aliphatic carbocycles. The van der Waals surface area contributed by atoms with E-state index in [2.05, 4.69) is 15.6 Å². The Labute approximate surface area is 63.1 Å². The van der Waals surface area contributed by atoms with Crippen molar-refractivity contribution in [3.63, 3.8) is 0 Å². The topological polar surface area (TPSA) is 76.4 Å². The zero-order valence-electron chi connectivity index (χ0n) is 5.65. The van der Waals surface area contributed by atoms with Gasteiger partial charge in [0, 0.05) is 0 Å². The van der Waals surface area contributed by atoms with Gasteiger partial charge in [-0.15, -0.1) is 0 Å². The van der Waals surface area contributed by atoms with Crippen LogP contribution in [0.3, 0.4) is 0 Å². The van der Waals surface area contributed by atoms with Crippen LogP contribution in [-0.2, 0) is 0 Å². The van der Waals surface area contributed by atoms with E-state index in [0.29, 0.717) is 11.4 Å². The van der Waals surface area contributed by atoms with Crippen LogP contribution in [0, 0.1) is 10.9 Å². The largest absolute Gasteiger partial charge is 0.308 e. The summed E-state index contributed by atoms with van der Waals surface area (Å²) in [7, 11) is 0. The molecular weight excluding hydrogens is 142 g/mol. The van der Waals surface area contributed by atoms with E-state index in [-0.39, 0.29) is 0 Å². The van der Waals surface area contributed by atoms with Gasteiger partial charge in [0.2, 0.25) is 0 Å². The fourth-order valence-electron chi connectivity index (χ4n) is 0.668. The minimum atomic E-state index is 0.563. The summed E-state index contributed by atoms with van der Waals surface area (Å²) in [5.74, 6) is 0. The maximum atomic E-state index is 8.10. The number of anilines is 1. The number of hydrogen-bond acceptors (Lipinski definition) is 4. The van der Waals surface area contributed by atoms with Crippen LogP contribution in [0.15, 0.2) is 29.4 Å². The highest BCUT2D eigenvalue weighted by atomic mass is 15.3. The van der Waals surface area contributed by atoms with Crippen molar-refractivity contribution in [2.24, 2.45) is 5.11 Å². The van der Waals surface area contributed by atoms with E-state index in [1.165, 1.54) is 0 Å². The highest BCUT2D eigenvalue weighted by molar-refractivity contribution is 5.50. The first-order valence-electron chi connectivity index (χ1n) is 2.94. The zero-order chi connectivity index (χ0) is 8.10. The third kappa shape index (κ3) is 1.72. The molecule has 11 heavy (non-hydrogen) atoms. The van der Waals surface area contributed by atoms with Crippen LogP contribution < -0.4 is 5.43 Å². The summed E-state index contributed by atoms with van der Waals surface area (Å²) in [6.07, 6.45) is 0.